The van der Waals surface area contributed by atoms with E-state index in [2.05, 4.69) is 54.4 Å². The van der Waals surface area contributed by atoms with Gasteiger partial charge in [-0.05, 0) is 55.5 Å². The Morgan fingerprint density at radius 2 is 1.89 bits per heavy atom. The summed E-state index contributed by atoms with van der Waals surface area (Å²) in [6, 6.07) is 13.8. The van der Waals surface area contributed by atoms with Crippen LogP contribution in [-0.2, 0) is 0 Å². The van der Waals surface area contributed by atoms with Crippen LogP contribution in [0.4, 0.5) is 17.1 Å². The average molecular weight is 363 g/mol. The molecule has 0 saturated heterocycles. The summed E-state index contributed by atoms with van der Waals surface area (Å²) < 4.78 is 0. The maximum atomic E-state index is 10.9. The van der Waals surface area contributed by atoms with Crippen molar-refractivity contribution in [3.8, 4) is 0 Å². The third-order valence-corrected chi connectivity index (χ3v) is 5.94. The van der Waals surface area contributed by atoms with Crippen LogP contribution in [-0.4, -0.2) is 18.0 Å². The van der Waals surface area contributed by atoms with Gasteiger partial charge in [-0.15, -0.1) is 0 Å². The Balaban J connectivity index is 1.69. The molecule has 4 rings (SSSR count). The Morgan fingerprint density at radius 1 is 1.15 bits per heavy atom. The van der Waals surface area contributed by atoms with Crippen molar-refractivity contribution in [2.45, 2.75) is 32.2 Å². The van der Waals surface area contributed by atoms with Gasteiger partial charge in [-0.25, -0.2) is 0 Å². The van der Waals surface area contributed by atoms with Crippen molar-refractivity contribution in [3.05, 3.63) is 75.9 Å². The molecule has 0 fully saturated rings. The summed E-state index contributed by atoms with van der Waals surface area (Å²) in [6.45, 7) is 6.37. The van der Waals surface area contributed by atoms with Crippen molar-refractivity contribution < 1.29 is 4.92 Å². The fourth-order valence-corrected chi connectivity index (χ4v) is 4.50. The van der Waals surface area contributed by atoms with Gasteiger partial charge in [-0.1, -0.05) is 24.3 Å². The highest BCUT2D eigenvalue weighted by Gasteiger charge is 2.38. The highest BCUT2D eigenvalue weighted by molar-refractivity contribution is 5.66. The van der Waals surface area contributed by atoms with E-state index in [1.54, 1.807) is 12.1 Å². The van der Waals surface area contributed by atoms with Gasteiger partial charge in [0.2, 0.25) is 0 Å². The lowest BCUT2D eigenvalue weighted by atomic mass is 9.77. The van der Waals surface area contributed by atoms with Crippen LogP contribution >= 0.6 is 0 Å². The number of fused-ring (bicyclic) bond motifs is 3. The topological polar surface area (TPSA) is 58.4 Å². The Hall–Kier alpha value is -2.82. The zero-order valence-electron chi connectivity index (χ0n) is 15.8. The summed E-state index contributed by atoms with van der Waals surface area (Å²) in [5.41, 5.74) is 5.05. The molecule has 2 aromatic rings. The standard InChI is InChI=1S/C22H25N3O2/c1-3-24(4-2)17-12-13-21-20(14-17)18-6-5-7-19(18)22(23-21)15-8-10-16(11-9-15)25(26)27/h5-6,8-14,18-19,22-23H,3-4,7H2,1-2H3. The third kappa shape index (κ3) is 3.07. The molecule has 5 nitrogen and oxygen atoms in total. The van der Waals surface area contributed by atoms with Crippen molar-refractivity contribution in [2.24, 2.45) is 5.92 Å². The minimum absolute atomic E-state index is 0.139. The van der Waals surface area contributed by atoms with Crippen LogP contribution in [0.3, 0.4) is 0 Å². The molecule has 3 atom stereocenters. The zero-order chi connectivity index (χ0) is 19.0. The van der Waals surface area contributed by atoms with Crippen LogP contribution in [0.15, 0.2) is 54.6 Å². The number of rotatable bonds is 5. The quantitative estimate of drug-likeness (QED) is 0.447. The lowest BCUT2D eigenvalue weighted by molar-refractivity contribution is -0.384. The zero-order valence-corrected chi connectivity index (χ0v) is 15.8. The monoisotopic (exact) mass is 363 g/mol. The van der Waals surface area contributed by atoms with Crippen LogP contribution in [0.1, 0.15) is 43.4 Å². The number of benzene rings is 2. The van der Waals surface area contributed by atoms with Gasteiger partial charge in [0.25, 0.3) is 5.69 Å². The molecule has 5 heteroatoms. The van der Waals surface area contributed by atoms with Gasteiger partial charge >= 0.3 is 0 Å². The van der Waals surface area contributed by atoms with Crippen molar-refractivity contribution in [1.29, 1.82) is 0 Å². The second kappa shape index (κ2) is 7.06. The maximum absolute atomic E-state index is 10.9. The number of nitro groups is 1. The molecule has 0 amide bonds. The summed E-state index contributed by atoms with van der Waals surface area (Å²) in [7, 11) is 0. The van der Waals surface area contributed by atoms with E-state index in [0.717, 1.165) is 25.1 Å². The van der Waals surface area contributed by atoms with Gasteiger partial charge in [0.15, 0.2) is 0 Å². The molecule has 1 aliphatic carbocycles. The molecule has 140 valence electrons. The van der Waals surface area contributed by atoms with Crippen molar-refractivity contribution in [1.82, 2.24) is 0 Å². The Labute approximate surface area is 159 Å². The average Bonchev–Trinajstić information content (AvgIpc) is 3.18. The number of hydrogen-bond donors (Lipinski definition) is 1. The number of anilines is 2. The number of nitrogens with one attached hydrogen (secondary N) is 1. The van der Waals surface area contributed by atoms with Gasteiger partial charge in [-0.3, -0.25) is 10.1 Å². The molecular formula is C22H25N3O2. The van der Waals surface area contributed by atoms with Crippen molar-refractivity contribution in [2.75, 3.05) is 23.3 Å². The highest BCUT2D eigenvalue weighted by atomic mass is 16.6. The minimum atomic E-state index is -0.345. The molecule has 0 saturated carbocycles. The highest BCUT2D eigenvalue weighted by Crippen LogP contribution is 2.50. The first kappa shape index (κ1) is 17.6. The van der Waals surface area contributed by atoms with E-state index in [9.17, 15) is 10.1 Å². The number of nitrogens with zero attached hydrogens (tertiary/aromatic N) is 2. The van der Waals surface area contributed by atoms with E-state index in [1.165, 1.54) is 16.9 Å². The Morgan fingerprint density at radius 3 is 2.56 bits per heavy atom. The van der Waals surface area contributed by atoms with E-state index in [0.29, 0.717) is 11.8 Å². The van der Waals surface area contributed by atoms with Crippen LogP contribution < -0.4 is 10.2 Å². The molecule has 0 radical (unpaired) electrons. The summed E-state index contributed by atoms with van der Waals surface area (Å²) in [4.78, 5) is 13.0. The molecule has 2 aliphatic rings. The van der Waals surface area contributed by atoms with Crippen LogP contribution in [0.5, 0.6) is 0 Å². The Bertz CT molecular complexity index is 872. The van der Waals surface area contributed by atoms with E-state index >= 15 is 0 Å². The fourth-order valence-electron chi connectivity index (χ4n) is 4.50. The molecule has 1 heterocycles. The van der Waals surface area contributed by atoms with Crippen LogP contribution in [0.2, 0.25) is 0 Å². The lowest BCUT2D eigenvalue weighted by Crippen LogP contribution is -2.29. The van der Waals surface area contributed by atoms with Gasteiger partial charge < -0.3 is 10.2 Å². The number of allylic oxidation sites excluding steroid dienone is 2. The summed E-state index contributed by atoms with van der Waals surface area (Å²) >= 11 is 0. The third-order valence-electron chi connectivity index (χ3n) is 5.94. The summed E-state index contributed by atoms with van der Waals surface area (Å²) in [6.07, 6.45) is 5.62. The van der Waals surface area contributed by atoms with Gasteiger partial charge in [-0.2, -0.15) is 0 Å². The molecule has 2 aromatic carbocycles. The maximum Gasteiger partial charge on any atom is 0.269 e. The normalized spacial score (nSPS) is 22.7. The van der Waals surface area contributed by atoms with Crippen molar-refractivity contribution in [3.63, 3.8) is 0 Å². The number of nitro benzene ring substituents is 1. The van der Waals surface area contributed by atoms with Gasteiger partial charge in [0, 0.05) is 42.5 Å². The minimum Gasteiger partial charge on any atom is -0.378 e. The first-order valence-corrected chi connectivity index (χ1v) is 9.68. The van der Waals surface area contributed by atoms with E-state index in [-0.39, 0.29) is 16.7 Å². The van der Waals surface area contributed by atoms with E-state index < -0.39 is 0 Å². The van der Waals surface area contributed by atoms with E-state index in [4.69, 9.17) is 0 Å². The molecule has 27 heavy (non-hydrogen) atoms. The second-order valence-electron chi connectivity index (χ2n) is 7.27. The SMILES string of the molecule is CCN(CC)c1ccc2c(c1)C1C=CCC1C(c1ccc([N+](=O)[O-])cc1)N2. The predicted octanol–water partition coefficient (Wildman–Crippen LogP) is 5.27. The molecule has 1 aliphatic heterocycles. The first-order valence-electron chi connectivity index (χ1n) is 9.68. The number of non-ortho nitro benzene ring substituents is 1. The predicted molar refractivity (Wildman–Crippen MR) is 109 cm³/mol. The molecule has 1 N–H and O–H groups in total. The Kier molecular flexibility index (Phi) is 4.60. The van der Waals surface area contributed by atoms with Gasteiger partial charge in [0.05, 0.1) is 11.0 Å². The molecule has 3 unspecified atom stereocenters. The molecule has 0 spiro atoms. The molecule has 0 aromatic heterocycles. The van der Waals surface area contributed by atoms with Gasteiger partial charge in [0.1, 0.15) is 0 Å². The smallest absolute Gasteiger partial charge is 0.269 e. The van der Waals surface area contributed by atoms with Crippen molar-refractivity contribution >= 4 is 17.1 Å². The lowest BCUT2D eigenvalue weighted by Gasteiger charge is -2.38. The second-order valence-corrected chi connectivity index (χ2v) is 7.27. The molecule has 0 bridgehead atoms. The molecular weight excluding hydrogens is 338 g/mol. The number of hydrogen-bond acceptors (Lipinski definition) is 4. The largest absolute Gasteiger partial charge is 0.378 e. The van der Waals surface area contributed by atoms with Crippen LogP contribution in [0.25, 0.3) is 0 Å². The summed E-state index contributed by atoms with van der Waals surface area (Å²) in [5, 5.41) is 14.7. The first-order chi connectivity index (χ1) is 13.1. The summed E-state index contributed by atoms with van der Waals surface area (Å²) in [5.74, 6) is 0.822. The van der Waals surface area contributed by atoms with E-state index in [1.807, 2.05) is 12.1 Å². The fraction of sp³-hybridized carbons (Fsp3) is 0.364. The van der Waals surface area contributed by atoms with Crippen LogP contribution in [0, 0.1) is 16.0 Å².